The van der Waals surface area contributed by atoms with Gasteiger partial charge in [-0.3, -0.25) is 4.68 Å². The van der Waals surface area contributed by atoms with Crippen molar-refractivity contribution in [3.05, 3.63) is 18.0 Å². The molecule has 0 radical (unpaired) electrons. The summed E-state index contributed by atoms with van der Waals surface area (Å²) in [6, 6.07) is 2.73. The molecule has 0 aliphatic carbocycles. The van der Waals surface area contributed by atoms with Crippen LogP contribution in [0.5, 0.6) is 0 Å². The zero-order valence-electron chi connectivity index (χ0n) is 12.7. The van der Waals surface area contributed by atoms with Crippen LogP contribution in [0.2, 0.25) is 0 Å². The van der Waals surface area contributed by atoms with E-state index in [0.29, 0.717) is 11.5 Å². The first-order valence-electron chi connectivity index (χ1n) is 7.12. The van der Waals surface area contributed by atoms with Gasteiger partial charge in [-0.2, -0.15) is 5.10 Å². The molecular weight excluding hydrogens is 222 g/mol. The van der Waals surface area contributed by atoms with Gasteiger partial charge in [0, 0.05) is 25.0 Å². The highest BCUT2D eigenvalue weighted by atomic mass is 15.2. The molecule has 104 valence electrons. The van der Waals surface area contributed by atoms with E-state index in [9.17, 15) is 0 Å². The minimum absolute atomic E-state index is 0.387. The fourth-order valence-electron chi connectivity index (χ4n) is 2.33. The van der Waals surface area contributed by atoms with Crippen LogP contribution in [0.1, 0.15) is 52.7 Å². The predicted molar refractivity (Wildman–Crippen MR) is 77.7 cm³/mol. The Morgan fingerprint density at radius 2 is 2.11 bits per heavy atom. The maximum Gasteiger partial charge on any atom is 0.0492 e. The molecule has 1 aromatic rings. The van der Waals surface area contributed by atoms with Crippen molar-refractivity contribution in [3.63, 3.8) is 0 Å². The summed E-state index contributed by atoms with van der Waals surface area (Å²) in [7, 11) is 2.02. The second-order valence-electron chi connectivity index (χ2n) is 6.40. The summed E-state index contributed by atoms with van der Waals surface area (Å²) in [4.78, 5) is 0. The van der Waals surface area contributed by atoms with Gasteiger partial charge in [-0.25, -0.2) is 0 Å². The quantitative estimate of drug-likeness (QED) is 0.806. The van der Waals surface area contributed by atoms with E-state index in [1.807, 2.05) is 17.9 Å². The maximum absolute atomic E-state index is 4.23. The molecule has 1 N–H and O–H groups in total. The molecule has 1 rings (SSSR count). The highest BCUT2D eigenvalue weighted by Gasteiger charge is 2.18. The van der Waals surface area contributed by atoms with E-state index >= 15 is 0 Å². The third-order valence-electron chi connectivity index (χ3n) is 3.21. The second kappa shape index (κ2) is 6.93. The lowest BCUT2D eigenvalue weighted by molar-refractivity contribution is 0.297. The van der Waals surface area contributed by atoms with Gasteiger partial charge in [0.05, 0.1) is 0 Å². The Hall–Kier alpha value is -0.830. The SMILES string of the molecule is CCCNC(CCc1ccnn1C)CC(C)(C)C. The van der Waals surface area contributed by atoms with Crippen molar-refractivity contribution in [2.24, 2.45) is 12.5 Å². The molecule has 0 bridgehead atoms. The van der Waals surface area contributed by atoms with Crippen LogP contribution in [0.25, 0.3) is 0 Å². The highest BCUT2D eigenvalue weighted by molar-refractivity contribution is 5.00. The molecule has 1 unspecified atom stereocenters. The van der Waals surface area contributed by atoms with Gasteiger partial charge >= 0.3 is 0 Å². The Labute approximate surface area is 112 Å². The van der Waals surface area contributed by atoms with Crippen molar-refractivity contribution in [3.8, 4) is 0 Å². The molecule has 0 aliphatic heterocycles. The van der Waals surface area contributed by atoms with Crippen LogP contribution in [-0.4, -0.2) is 22.4 Å². The van der Waals surface area contributed by atoms with Gasteiger partial charge in [-0.15, -0.1) is 0 Å². The summed E-state index contributed by atoms with van der Waals surface area (Å²) in [5.41, 5.74) is 1.71. The molecule has 18 heavy (non-hydrogen) atoms. The van der Waals surface area contributed by atoms with E-state index < -0.39 is 0 Å². The predicted octanol–water partition coefficient (Wildman–Crippen LogP) is 3.16. The smallest absolute Gasteiger partial charge is 0.0492 e. The Kier molecular flexibility index (Phi) is 5.86. The number of nitrogens with one attached hydrogen (secondary N) is 1. The Bertz CT molecular complexity index is 336. The second-order valence-corrected chi connectivity index (χ2v) is 6.40. The van der Waals surface area contributed by atoms with Crippen LogP contribution >= 0.6 is 0 Å². The van der Waals surface area contributed by atoms with Crippen molar-refractivity contribution in [2.45, 2.75) is 59.4 Å². The summed E-state index contributed by atoms with van der Waals surface area (Å²) in [5, 5.41) is 7.91. The third-order valence-corrected chi connectivity index (χ3v) is 3.21. The molecule has 0 aromatic carbocycles. The topological polar surface area (TPSA) is 29.9 Å². The fourth-order valence-corrected chi connectivity index (χ4v) is 2.33. The number of rotatable bonds is 7. The lowest BCUT2D eigenvalue weighted by atomic mass is 9.86. The van der Waals surface area contributed by atoms with Crippen molar-refractivity contribution >= 4 is 0 Å². The normalized spacial score (nSPS) is 13.8. The number of hydrogen-bond acceptors (Lipinski definition) is 2. The third kappa shape index (κ3) is 5.67. The minimum atomic E-state index is 0.387. The standard InChI is InChI=1S/C15H29N3/c1-6-10-16-13(12-15(2,3)4)7-8-14-9-11-17-18(14)5/h9,11,13,16H,6-8,10,12H2,1-5H3. The van der Waals surface area contributed by atoms with E-state index in [0.717, 1.165) is 13.0 Å². The molecule has 1 aromatic heterocycles. The molecule has 0 fully saturated rings. The number of nitrogens with zero attached hydrogens (tertiary/aromatic N) is 2. The molecule has 0 saturated heterocycles. The average molecular weight is 251 g/mol. The first-order valence-corrected chi connectivity index (χ1v) is 7.12. The molecule has 0 aliphatic rings. The van der Waals surface area contributed by atoms with Crippen LogP contribution in [0, 0.1) is 5.41 Å². The van der Waals surface area contributed by atoms with E-state index in [1.165, 1.54) is 25.0 Å². The van der Waals surface area contributed by atoms with Crippen LogP contribution in [-0.2, 0) is 13.5 Å². The van der Waals surface area contributed by atoms with Crippen LogP contribution in [0.3, 0.4) is 0 Å². The van der Waals surface area contributed by atoms with Gasteiger partial charge in [0.2, 0.25) is 0 Å². The summed E-state index contributed by atoms with van der Waals surface area (Å²) < 4.78 is 1.98. The minimum Gasteiger partial charge on any atom is -0.314 e. The molecule has 3 nitrogen and oxygen atoms in total. The maximum atomic E-state index is 4.23. The summed E-state index contributed by atoms with van der Waals surface area (Å²) >= 11 is 0. The molecular formula is C15H29N3. The highest BCUT2D eigenvalue weighted by Crippen LogP contribution is 2.23. The van der Waals surface area contributed by atoms with Gasteiger partial charge in [0.25, 0.3) is 0 Å². The number of aryl methyl sites for hydroxylation is 2. The first kappa shape index (κ1) is 15.2. The molecule has 3 heteroatoms. The largest absolute Gasteiger partial charge is 0.314 e. The van der Waals surface area contributed by atoms with Crippen LogP contribution < -0.4 is 5.32 Å². The lowest BCUT2D eigenvalue weighted by Gasteiger charge is -2.27. The summed E-state index contributed by atoms with van der Waals surface area (Å²) in [6.45, 7) is 10.3. The van der Waals surface area contributed by atoms with E-state index in [-0.39, 0.29) is 0 Å². The van der Waals surface area contributed by atoms with E-state index in [4.69, 9.17) is 0 Å². The Balaban J connectivity index is 2.47. The van der Waals surface area contributed by atoms with Gasteiger partial charge in [0.1, 0.15) is 0 Å². The molecule has 1 atom stereocenters. The zero-order chi connectivity index (χ0) is 13.6. The van der Waals surface area contributed by atoms with Gasteiger partial charge in [-0.05, 0) is 43.7 Å². The fraction of sp³-hybridized carbons (Fsp3) is 0.800. The van der Waals surface area contributed by atoms with Crippen molar-refractivity contribution in [2.75, 3.05) is 6.54 Å². The van der Waals surface area contributed by atoms with Crippen molar-refractivity contribution in [1.82, 2.24) is 15.1 Å². The Morgan fingerprint density at radius 1 is 1.39 bits per heavy atom. The van der Waals surface area contributed by atoms with Gasteiger partial charge < -0.3 is 5.32 Å². The summed E-state index contributed by atoms with van der Waals surface area (Å²) in [6.07, 6.45) is 6.61. The van der Waals surface area contributed by atoms with Crippen LogP contribution in [0.15, 0.2) is 12.3 Å². The molecule has 0 saturated carbocycles. The molecule has 1 heterocycles. The zero-order valence-corrected chi connectivity index (χ0v) is 12.7. The Morgan fingerprint density at radius 3 is 2.61 bits per heavy atom. The average Bonchev–Trinajstić information content (AvgIpc) is 2.66. The van der Waals surface area contributed by atoms with E-state index in [2.05, 4.69) is 44.2 Å². The van der Waals surface area contributed by atoms with Gasteiger partial charge in [-0.1, -0.05) is 27.7 Å². The number of hydrogen-bond donors (Lipinski definition) is 1. The van der Waals surface area contributed by atoms with E-state index in [1.54, 1.807) is 0 Å². The monoisotopic (exact) mass is 251 g/mol. The van der Waals surface area contributed by atoms with Crippen LogP contribution in [0.4, 0.5) is 0 Å². The van der Waals surface area contributed by atoms with Crippen molar-refractivity contribution < 1.29 is 0 Å². The molecule has 0 amide bonds. The number of aromatic nitrogens is 2. The van der Waals surface area contributed by atoms with Gasteiger partial charge in [0.15, 0.2) is 0 Å². The molecule has 0 spiro atoms. The summed E-state index contributed by atoms with van der Waals surface area (Å²) in [5.74, 6) is 0. The first-order chi connectivity index (χ1) is 8.42. The lowest BCUT2D eigenvalue weighted by Crippen LogP contribution is -2.34. The van der Waals surface area contributed by atoms with Crippen molar-refractivity contribution in [1.29, 1.82) is 0 Å².